The second-order valence-corrected chi connectivity index (χ2v) is 4.64. The fourth-order valence-corrected chi connectivity index (χ4v) is 2.03. The molecular weight excluding hydrogens is 245 g/mol. The van der Waals surface area contributed by atoms with Crippen molar-refractivity contribution in [2.24, 2.45) is 0 Å². The van der Waals surface area contributed by atoms with Crippen LogP contribution < -0.4 is 0 Å². The van der Waals surface area contributed by atoms with Crippen LogP contribution in [0.4, 0.5) is 4.39 Å². The van der Waals surface area contributed by atoms with Crippen molar-refractivity contribution >= 4 is 0 Å². The molecule has 0 saturated carbocycles. The third-order valence-electron chi connectivity index (χ3n) is 3.02. The van der Waals surface area contributed by atoms with E-state index in [9.17, 15) is 9.50 Å². The van der Waals surface area contributed by atoms with E-state index >= 15 is 0 Å². The van der Waals surface area contributed by atoms with E-state index in [-0.39, 0.29) is 12.2 Å². The zero-order valence-electron chi connectivity index (χ0n) is 11.2. The molecule has 0 saturated heterocycles. The van der Waals surface area contributed by atoms with Gasteiger partial charge in [-0.2, -0.15) is 5.10 Å². The Labute approximate surface area is 111 Å². The zero-order valence-corrected chi connectivity index (χ0v) is 11.2. The van der Waals surface area contributed by atoms with Gasteiger partial charge in [-0.1, -0.05) is 19.1 Å². The van der Waals surface area contributed by atoms with E-state index in [1.165, 1.54) is 12.4 Å². The Morgan fingerprint density at radius 3 is 2.89 bits per heavy atom. The smallest absolute Gasteiger partial charge is 0.138 e. The van der Waals surface area contributed by atoms with Crippen molar-refractivity contribution < 1.29 is 9.50 Å². The molecule has 4 nitrogen and oxygen atoms in total. The van der Waals surface area contributed by atoms with Gasteiger partial charge in [-0.25, -0.2) is 9.37 Å². The van der Waals surface area contributed by atoms with Crippen molar-refractivity contribution in [1.82, 2.24) is 14.8 Å². The van der Waals surface area contributed by atoms with Crippen LogP contribution >= 0.6 is 0 Å². The second kappa shape index (κ2) is 5.93. The molecule has 0 fully saturated rings. The van der Waals surface area contributed by atoms with Crippen LogP contribution in [-0.2, 0) is 13.0 Å². The fraction of sp³-hybridized carbons (Fsp3) is 0.429. The van der Waals surface area contributed by atoms with E-state index in [2.05, 4.69) is 10.1 Å². The molecule has 19 heavy (non-hydrogen) atoms. The predicted octanol–water partition coefficient (Wildman–Crippen LogP) is 2.41. The largest absolute Gasteiger partial charge is 0.388 e. The van der Waals surface area contributed by atoms with Crippen molar-refractivity contribution in [3.05, 3.63) is 47.3 Å². The molecule has 0 aliphatic rings. The number of benzene rings is 1. The average Bonchev–Trinajstić information content (AvgIpc) is 2.77. The van der Waals surface area contributed by atoms with E-state index in [4.69, 9.17) is 0 Å². The van der Waals surface area contributed by atoms with Gasteiger partial charge in [-0.3, -0.25) is 4.68 Å². The van der Waals surface area contributed by atoms with Crippen LogP contribution in [0.3, 0.4) is 0 Å². The van der Waals surface area contributed by atoms with Gasteiger partial charge in [0.25, 0.3) is 0 Å². The SMILES string of the molecule is CCCn1ncnc1CC(O)c1ccc(C)cc1F. The zero-order chi connectivity index (χ0) is 13.8. The Balaban J connectivity index is 2.16. The highest BCUT2D eigenvalue weighted by Gasteiger charge is 2.16. The molecule has 1 heterocycles. The van der Waals surface area contributed by atoms with Crippen molar-refractivity contribution in [2.75, 3.05) is 0 Å². The number of hydrogen-bond acceptors (Lipinski definition) is 3. The minimum atomic E-state index is -0.902. The van der Waals surface area contributed by atoms with Gasteiger partial charge in [-0.15, -0.1) is 0 Å². The maximum Gasteiger partial charge on any atom is 0.138 e. The molecule has 0 aliphatic carbocycles. The normalized spacial score (nSPS) is 12.6. The lowest BCUT2D eigenvalue weighted by Gasteiger charge is -2.12. The fourth-order valence-electron chi connectivity index (χ4n) is 2.03. The van der Waals surface area contributed by atoms with Crippen molar-refractivity contribution in [1.29, 1.82) is 0 Å². The molecule has 0 aliphatic heterocycles. The molecule has 1 aromatic heterocycles. The van der Waals surface area contributed by atoms with Gasteiger partial charge in [-0.05, 0) is 25.0 Å². The molecule has 102 valence electrons. The van der Waals surface area contributed by atoms with Crippen LogP contribution in [0.15, 0.2) is 24.5 Å². The minimum Gasteiger partial charge on any atom is -0.388 e. The maximum absolute atomic E-state index is 13.8. The van der Waals surface area contributed by atoms with Crippen molar-refractivity contribution in [3.8, 4) is 0 Å². The lowest BCUT2D eigenvalue weighted by molar-refractivity contribution is 0.169. The standard InChI is InChI=1S/C14H18FN3O/c1-3-6-18-14(16-9-17-18)8-13(19)11-5-4-10(2)7-12(11)15/h4-5,7,9,13,19H,3,6,8H2,1-2H3. The maximum atomic E-state index is 13.8. The summed E-state index contributed by atoms with van der Waals surface area (Å²) in [7, 11) is 0. The molecule has 0 spiro atoms. The number of rotatable bonds is 5. The van der Waals surface area contributed by atoms with Gasteiger partial charge in [0.05, 0.1) is 6.10 Å². The summed E-state index contributed by atoms with van der Waals surface area (Å²) in [5, 5.41) is 14.2. The van der Waals surface area contributed by atoms with Crippen LogP contribution in [-0.4, -0.2) is 19.9 Å². The Kier molecular flexibility index (Phi) is 4.27. The number of aliphatic hydroxyl groups excluding tert-OH is 1. The lowest BCUT2D eigenvalue weighted by atomic mass is 10.0. The van der Waals surface area contributed by atoms with Crippen LogP contribution in [0.5, 0.6) is 0 Å². The van der Waals surface area contributed by atoms with E-state index < -0.39 is 6.10 Å². The van der Waals surface area contributed by atoms with E-state index in [0.29, 0.717) is 11.4 Å². The molecule has 2 aromatic rings. The molecule has 1 unspecified atom stereocenters. The molecule has 0 radical (unpaired) electrons. The van der Waals surface area contributed by atoms with Gasteiger partial charge in [0.2, 0.25) is 0 Å². The number of aromatic nitrogens is 3. The monoisotopic (exact) mass is 263 g/mol. The van der Waals surface area contributed by atoms with Crippen LogP contribution in [0, 0.1) is 12.7 Å². The summed E-state index contributed by atoms with van der Waals surface area (Å²) in [6, 6.07) is 4.84. The number of halogens is 1. The van der Waals surface area contributed by atoms with E-state index in [1.54, 1.807) is 16.8 Å². The van der Waals surface area contributed by atoms with E-state index in [0.717, 1.165) is 18.5 Å². The summed E-state index contributed by atoms with van der Waals surface area (Å²) in [5.41, 5.74) is 1.14. The Morgan fingerprint density at radius 1 is 1.42 bits per heavy atom. The molecular formula is C14H18FN3O. The van der Waals surface area contributed by atoms with Crippen LogP contribution in [0.1, 0.15) is 36.4 Å². The molecule has 0 bridgehead atoms. The lowest BCUT2D eigenvalue weighted by Crippen LogP contribution is -2.11. The summed E-state index contributed by atoms with van der Waals surface area (Å²) in [5.74, 6) is 0.295. The first-order chi connectivity index (χ1) is 9.11. The molecule has 1 N–H and O–H groups in total. The van der Waals surface area contributed by atoms with Crippen molar-refractivity contribution in [3.63, 3.8) is 0 Å². The summed E-state index contributed by atoms with van der Waals surface area (Å²) in [6.07, 6.45) is 1.76. The third kappa shape index (κ3) is 3.17. The molecule has 0 amide bonds. The second-order valence-electron chi connectivity index (χ2n) is 4.64. The highest BCUT2D eigenvalue weighted by molar-refractivity contribution is 5.25. The number of aliphatic hydroxyl groups is 1. The topological polar surface area (TPSA) is 50.9 Å². The first-order valence-electron chi connectivity index (χ1n) is 6.42. The quantitative estimate of drug-likeness (QED) is 0.901. The van der Waals surface area contributed by atoms with Gasteiger partial charge in [0, 0.05) is 18.5 Å². The van der Waals surface area contributed by atoms with Crippen LogP contribution in [0.2, 0.25) is 0 Å². The summed E-state index contributed by atoms with van der Waals surface area (Å²) in [4.78, 5) is 4.12. The first kappa shape index (κ1) is 13.7. The molecule has 1 atom stereocenters. The molecule has 2 rings (SSSR count). The highest BCUT2D eigenvalue weighted by atomic mass is 19.1. The minimum absolute atomic E-state index is 0.264. The third-order valence-corrected chi connectivity index (χ3v) is 3.02. The summed E-state index contributed by atoms with van der Waals surface area (Å²) < 4.78 is 15.5. The number of hydrogen-bond donors (Lipinski definition) is 1. The Hall–Kier alpha value is -1.75. The van der Waals surface area contributed by atoms with Gasteiger partial charge in [0.1, 0.15) is 18.0 Å². The van der Waals surface area contributed by atoms with Gasteiger partial charge >= 0.3 is 0 Å². The molecule has 5 heteroatoms. The summed E-state index contributed by atoms with van der Waals surface area (Å²) in [6.45, 7) is 4.61. The van der Waals surface area contributed by atoms with Gasteiger partial charge < -0.3 is 5.11 Å². The predicted molar refractivity (Wildman–Crippen MR) is 70.1 cm³/mol. The number of aryl methyl sites for hydroxylation is 2. The average molecular weight is 263 g/mol. The highest BCUT2D eigenvalue weighted by Crippen LogP contribution is 2.21. The summed E-state index contributed by atoms with van der Waals surface area (Å²) >= 11 is 0. The molecule has 1 aromatic carbocycles. The van der Waals surface area contributed by atoms with Gasteiger partial charge in [0.15, 0.2) is 0 Å². The van der Waals surface area contributed by atoms with Crippen LogP contribution in [0.25, 0.3) is 0 Å². The van der Waals surface area contributed by atoms with E-state index in [1.807, 2.05) is 13.8 Å². The van der Waals surface area contributed by atoms with Crippen molar-refractivity contribution in [2.45, 2.75) is 39.3 Å². The number of nitrogens with zero attached hydrogens (tertiary/aromatic N) is 3. The Bertz CT molecular complexity index is 553. The Morgan fingerprint density at radius 2 is 2.21 bits per heavy atom. The first-order valence-corrected chi connectivity index (χ1v) is 6.42.